The molecule has 1 aromatic carbocycles. The maximum absolute atomic E-state index is 12.7. The van der Waals surface area contributed by atoms with Gasteiger partial charge in [0.2, 0.25) is 10.0 Å². The number of rotatable bonds is 7. The summed E-state index contributed by atoms with van der Waals surface area (Å²) in [4.78, 5) is 25.8. The number of thioether (sulfide) groups is 1. The minimum atomic E-state index is -3.56. The largest absolute Gasteiger partial charge is 0.462 e. The Bertz CT molecular complexity index is 1130. The third-order valence-electron chi connectivity index (χ3n) is 4.75. The van der Waals surface area contributed by atoms with Gasteiger partial charge >= 0.3 is 5.97 Å². The van der Waals surface area contributed by atoms with E-state index in [0.29, 0.717) is 33.4 Å². The quantitative estimate of drug-likeness (QED) is 0.364. The Balaban J connectivity index is 1.82. The van der Waals surface area contributed by atoms with Crippen LogP contribution in [0, 0.1) is 17.6 Å². The van der Waals surface area contributed by atoms with Gasteiger partial charge in [0.05, 0.1) is 16.4 Å². The van der Waals surface area contributed by atoms with Crippen LogP contribution in [0.15, 0.2) is 34.1 Å². The molecule has 2 heterocycles. The van der Waals surface area contributed by atoms with Gasteiger partial charge in [0.15, 0.2) is 0 Å². The fourth-order valence-electron chi connectivity index (χ4n) is 3.17. The number of esters is 1. The molecule has 31 heavy (non-hydrogen) atoms. The lowest BCUT2D eigenvalue weighted by molar-refractivity contribution is 0.0531. The molecule has 1 amide bonds. The number of carbonyl (C=O) groups is 2. The van der Waals surface area contributed by atoms with Crippen molar-refractivity contribution in [1.29, 1.82) is 5.26 Å². The van der Waals surface area contributed by atoms with E-state index in [2.05, 4.69) is 5.32 Å². The summed E-state index contributed by atoms with van der Waals surface area (Å²) in [5.41, 5.74) is 0.828. The van der Waals surface area contributed by atoms with Crippen molar-refractivity contribution in [3.63, 3.8) is 0 Å². The number of sulfonamides is 1. The zero-order valence-electron chi connectivity index (χ0n) is 17.0. The number of nitrogens with zero attached hydrogens (tertiary/aromatic N) is 2. The topological polar surface area (TPSA) is 117 Å². The predicted molar refractivity (Wildman–Crippen MR) is 119 cm³/mol. The van der Waals surface area contributed by atoms with Crippen molar-refractivity contribution in [2.45, 2.75) is 36.5 Å². The summed E-state index contributed by atoms with van der Waals surface area (Å²) in [6, 6.07) is 5.72. The first kappa shape index (κ1) is 23.3. The Hall–Kier alpha value is -2.39. The number of nitriles is 1. The smallest absolute Gasteiger partial charge is 0.348 e. The molecule has 1 N–H and O–H groups in total. The first-order chi connectivity index (χ1) is 14.8. The summed E-state index contributed by atoms with van der Waals surface area (Å²) in [7, 11) is -3.56. The number of anilines is 1. The Morgan fingerprint density at radius 1 is 1.26 bits per heavy atom. The van der Waals surface area contributed by atoms with Crippen LogP contribution < -0.4 is 5.32 Å². The maximum Gasteiger partial charge on any atom is 0.348 e. The molecule has 2 aromatic rings. The average Bonchev–Trinajstić information content (AvgIpc) is 3.39. The van der Waals surface area contributed by atoms with Crippen LogP contribution in [0.4, 0.5) is 5.00 Å². The summed E-state index contributed by atoms with van der Waals surface area (Å²) < 4.78 is 31.7. The highest BCUT2D eigenvalue weighted by molar-refractivity contribution is 8.04. The molecule has 1 aliphatic rings. The van der Waals surface area contributed by atoms with Gasteiger partial charge in [0, 0.05) is 18.7 Å². The normalized spacial score (nSPS) is 14.2. The molecule has 1 aliphatic heterocycles. The van der Waals surface area contributed by atoms with Gasteiger partial charge in [0.25, 0.3) is 5.91 Å². The molecule has 0 bridgehead atoms. The van der Waals surface area contributed by atoms with Crippen LogP contribution in [0.25, 0.3) is 0 Å². The number of hydrogen-bond donors (Lipinski definition) is 1. The second-order valence-electron chi connectivity index (χ2n) is 6.72. The number of thiophene rings is 1. The second-order valence-corrected chi connectivity index (χ2v) is 10.5. The third-order valence-corrected chi connectivity index (χ3v) is 8.78. The van der Waals surface area contributed by atoms with Crippen molar-refractivity contribution in [1.82, 2.24) is 4.31 Å². The Labute approximate surface area is 189 Å². The SMILES string of the molecule is CCOC(=O)c1sc(NC(=O)c2ccc(S(=O)(=O)N3CCCC3)cc2)c(SC#N)c1C. The van der Waals surface area contributed by atoms with Crippen molar-refractivity contribution in [3.8, 4) is 5.40 Å². The Morgan fingerprint density at radius 3 is 2.48 bits per heavy atom. The lowest BCUT2D eigenvalue weighted by atomic mass is 10.2. The van der Waals surface area contributed by atoms with Crippen molar-refractivity contribution < 1.29 is 22.7 Å². The average molecular weight is 480 g/mol. The summed E-state index contributed by atoms with van der Waals surface area (Å²) >= 11 is 1.89. The van der Waals surface area contributed by atoms with Crippen molar-refractivity contribution in [2.75, 3.05) is 25.0 Å². The van der Waals surface area contributed by atoms with Crippen molar-refractivity contribution >= 4 is 50.0 Å². The van der Waals surface area contributed by atoms with E-state index in [4.69, 9.17) is 10.00 Å². The molecule has 11 heteroatoms. The summed E-state index contributed by atoms with van der Waals surface area (Å²) in [5, 5.41) is 14.1. The van der Waals surface area contributed by atoms with Crippen LogP contribution in [-0.2, 0) is 14.8 Å². The maximum atomic E-state index is 12.7. The monoisotopic (exact) mass is 479 g/mol. The van der Waals surface area contributed by atoms with Crippen LogP contribution in [0.3, 0.4) is 0 Å². The fraction of sp³-hybridized carbons (Fsp3) is 0.350. The summed E-state index contributed by atoms with van der Waals surface area (Å²) in [6.07, 6.45) is 1.69. The lowest BCUT2D eigenvalue weighted by Gasteiger charge is -2.15. The molecule has 164 valence electrons. The highest BCUT2D eigenvalue weighted by atomic mass is 32.2. The molecule has 1 aromatic heterocycles. The third kappa shape index (κ3) is 4.93. The van der Waals surface area contributed by atoms with Gasteiger partial charge in [-0.1, -0.05) is 0 Å². The first-order valence-corrected chi connectivity index (χ1v) is 12.6. The van der Waals surface area contributed by atoms with Crippen molar-refractivity contribution in [2.24, 2.45) is 0 Å². The van der Waals surface area contributed by atoms with Crippen LogP contribution in [0.5, 0.6) is 0 Å². The van der Waals surface area contributed by atoms with E-state index in [-0.39, 0.29) is 17.1 Å². The van der Waals surface area contributed by atoms with E-state index < -0.39 is 21.9 Å². The van der Waals surface area contributed by atoms with Crippen LogP contribution in [-0.4, -0.2) is 44.3 Å². The number of thiocyanates is 1. The lowest BCUT2D eigenvalue weighted by Crippen LogP contribution is -2.27. The van der Waals surface area contributed by atoms with E-state index in [0.717, 1.165) is 35.9 Å². The van der Waals surface area contributed by atoms with E-state index in [1.807, 2.05) is 5.40 Å². The van der Waals surface area contributed by atoms with Crippen LogP contribution >= 0.6 is 23.1 Å². The molecule has 0 aliphatic carbocycles. The highest BCUT2D eigenvalue weighted by Gasteiger charge is 2.27. The molecule has 0 atom stereocenters. The second kappa shape index (κ2) is 9.82. The van der Waals surface area contributed by atoms with Gasteiger partial charge in [0.1, 0.15) is 15.3 Å². The molecule has 0 spiro atoms. The molecule has 0 saturated carbocycles. The standard InChI is InChI=1S/C20H21N3O5S3/c1-3-28-20(25)17-13(2)16(29-12-21)19(30-17)22-18(24)14-6-8-15(9-7-14)31(26,27)23-10-4-5-11-23/h6-9H,3-5,10-11H2,1-2H3,(H,22,24). The number of hydrogen-bond acceptors (Lipinski definition) is 8. The first-order valence-electron chi connectivity index (χ1n) is 9.57. The van der Waals surface area contributed by atoms with Gasteiger partial charge in [-0.25, -0.2) is 13.2 Å². The van der Waals surface area contributed by atoms with E-state index in [9.17, 15) is 18.0 Å². The minimum absolute atomic E-state index is 0.142. The fourth-order valence-corrected chi connectivity index (χ4v) is 6.48. The summed E-state index contributed by atoms with van der Waals surface area (Å²) in [6.45, 7) is 4.61. The molecule has 3 rings (SSSR count). The van der Waals surface area contributed by atoms with E-state index in [1.54, 1.807) is 13.8 Å². The van der Waals surface area contributed by atoms with Gasteiger partial charge in [-0.05, 0) is 68.3 Å². The molecule has 1 fully saturated rings. The number of ether oxygens (including phenoxy) is 1. The van der Waals surface area contributed by atoms with Crippen LogP contribution in [0.1, 0.15) is 45.4 Å². The van der Waals surface area contributed by atoms with Crippen LogP contribution in [0.2, 0.25) is 0 Å². The van der Waals surface area contributed by atoms with Crippen molar-refractivity contribution in [3.05, 3.63) is 40.3 Å². The van der Waals surface area contributed by atoms with E-state index in [1.165, 1.54) is 28.6 Å². The zero-order chi connectivity index (χ0) is 22.6. The van der Waals surface area contributed by atoms with Gasteiger partial charge < -0.3 is 10.1 Å². The summed E-state index contributed by atoms with van der Waals surface area (Å²) in [5.74, 6) is -0.983. The van der Waals surface area contributed by atoms with Gasteiger partial charge in [-0.2, -0.15) is 9.57 Å². The van der Waals surface area contributed by atoms with Gasteiger partial charge in [-0.15, -0.1) is 11.3 Å². The number of amides is 1. The zero-order valence-corrected chi connectivity index (χ0v) is 19.5. The predicted octanol–water partition coefficient (Wildman–Crippen LogP) is 3.84. The molecule has 0 unspecified atom stereocenters. The highest BCUT2D eigenvalue weighted by Crippen LogP contribution is 2.40. The minimum Gasteiger partial charge on any atom is -0.462 e. The molecular weight excluding hydrogens is 458 g/mol. The Morgan fingerprint density at radius 2 is 1.90 bits per heavy atom. The molecule has 0 radical (unpaired) electrons. The number of carbonyl (C=O) groups excluding carboxylic acids is 2. The Kier molecular flexibility index (Phi) is 7.38. The van der Waals surface area contributed by atoms with Gasteiger partial charge in [-0.3, -0.25) is 4.79 Å². The number of benzene rings is 1. The number of nitrogens with one attached hydrogen (secondary N) is 1. The molecule has 1 saturated heterocycles. The van der Waals surface area contributed by atoms with E-state index >= 15 is 0 Å². The molecule has 8 nitrogen and oxygen atoms in total. The molecular formula is C20H21N3O5S3.